The van der Waals surface area contributed by atoms with Gasteiger partial charge in [0.1, 0.15) is 0 Å². The minimum Gasteiger partial charge on any atom is -0.351 e. The van der Waals surface area contributed by atoms with Crippen molar-refractivity contribution in [3.05, 3.63) is 66.0 Å². The van der Waals surface area contributed by atoms with Crippen LogP contribution in [0.4, 0.5) is 0 Å². The molecular weight excluding hydrogens is 290 g/mol. The molecule has 120 valence electrons. The number of aliphatic imine (C=N–C) groups is 1. The summed E-state index contributed by atoms with van der Waals surface area (Å²) in [5.74, 6) is 0.472. The van der Waals surface area contributed by atoms with Crippen LogP contribution in [0, 0.1) is 0 Å². The van der Waals surface area contributed by atoms with Gasteiger partial charge in [0.15, 0.2) is 5.96 Å². The van der Waals surface area contributed by atoms with E-state index in [0.717, 1.165) is 11.3 Å². The highest BCUT2D eigenvalue weighted by atomic mass is 16.1. The Labute approximate surface area is 136 Å². The summed E-state index contributed by atoms with van der Waals surface area (Å²) in [4.78, 5) is 20.1. The molecule has 0 aliphatic rings. The maximum absolute atomic E-state index is 11.8. The quantitative estimate of drug-likeness (QED) is 0.551. The first-order valence-electron chi connectivity index (χ1n) is 7.43. The van der Waals surface area contributed by atoms with Crippen molar-refractivity contribution in [3.63, 3.8) is 0 Å². The molecule has 2 aromatic rings. The fourth-order valence-corrected chi connectivity index (χ4v) is 1.92. The van der Waals surface area contributed by atoms with Gasteiger partial charge in [-0.25, -0.2) is 0 Å². The molecule has 1 heterocycles. The van der Waals surface area contributed by atoms with Crippen LogP contribution in [0.15, 0.2) is 59.7 Å². The Morgan fingerprint density at radius 1 is 1.00 bits per heavy atom. The Kier molecular flexibility index (Phi) is 6.59. The van der Waals surface area contributed by atoms with Gasteiger partial charge in [-0.1, -0.05) is 36.4 Å². The van der Waals surface area contributed by atoms with Crippen LogP contribution >= 0.6 is 0 Å². The van der Waals surface area contributed by atoms with E-state index < -0.39 is 0 Å². The van der Waals surface area contributed by atoms with E-state index in [1.54, 1.807) is 13.2 Å². The highest BCUT2D eigenvalue weighted by Gasteiger charge is 2.03. The molecule has 23 heavy (non-hydrogen) atoms. The largest absolute Gasteiger partial charge is 0.351 e. The molecule has 3 N–H and O–H groups in total. The molecule has 0 unspecified atom stereocenters. The van der Waals surface area contributed by atoms with Crippen LogP contribution in [0.3, 0.4) is 0 Å². The number of guanidine groups is 1. The van der Waals surface area contributed by atoms with Gasteiger partial charge in [-0.3, -0.25) is 14.8 Å². The van der Waals surface area contributed by atoms with E-state index in [1.807, 2.05) is 48.5 Å². The average Bonchev–Trinajstić information content (AvgIpc) is 2.62. The van der Waals surface area contributed by atoms with E-state index in [2.05, 4.69) is 25.9 Å². The molecule has 0 radical (unpaired) electrons. The smallest absolute Gasteiger partial charge is 0.239 e. The van der Waals surface area contributed by atoms with Gasteiger partial charge in [0.2, 0.25) is 5.91 Å². The summed E-state index contributed by atoms with van der Waals surface area (Å²) in [6, 6.07) is 15.5. The minimum absolute atomic E-state index is 0.0883. The summed E-state index contributed by atoms with van der Waals surface area (Å²) >= 11 is 0. The maximum atomic E-state index is 11.8. The zero-order chi connectivity index (χ0) is 16.3. The van der Waals surface area contributed by atoms with E-state index in [4.69, 9.17) is 0 Å². The normalized spacial score (nSPS) is 10.9. The Bertz CT molecular complexity index is 628. The number of nitrogens with zero attached hydrogens (tertiary/aromatic N) is 2. The predicted octanol–water partition coefficient (Wildman–Crippen LogP) is 1.06. The lowest BCUT2D eigenvalue weighted by Crippen LogP contribution is -2.42. The van der Waals surface area contributed by atoms with Crippen molar-refractivity contribution in [3.8, 4) is 0 Å². The van der Waals surface area contributed by atoms with Crippen molar-refractivity contribution >= 4 is 11.9 Å². The second-order valence-corrected chi connectivity index (χ2v) is 4.86. The third-order valence-electron chi connectivity index (χ3n) is 3.14. The lowest BCUT2D eigenvalue weighted by Gasteiger charge is -2.11. The zero-order valence-corrected chi connectivity index (χ0v) is 13.1. The van der Waals surface area contributed by atoms with Crippen molar-refractivity contribution < 1.29 is 4.79 Å². The van der Waals surface area contributed by atoms with Crippen LogP contribution < -0.4 is 16.0 Å². The van der Waals surface area contributed by atoms with Crippen molar-refractivity contribution in [2.75, 3.05) is 13.6 Å². The van der Waals surface area contributed by atoms with Crippen molar-refractivity contribution in [2.45, 2.75) is 13.1 Å². The summed E-state index contributed by atoms with van der Waals surface area (Å²) in [7, 11) is 1.66. The SMILES string of the molecule is CN=C(NCC(=O)NCc1ccccc1)NCc1ccccn1. The van der Waals surface area contributed by atoms with Crippen molar-refractivity contribution in [1.29, 1.82) is 0 Å². The number of carbonyl (C=O) groups is 1. The van der Waals surface area contributed by atoms with Crippen molar-refractivity contribution in [2.24, 2.45) is 4.99 Å². The predicted molar refractivity (Wildman–Crippen MR) is 90.7 cm³/mol. The molecule has 0 aliphatic heterocycles. The topological polar surface area (TPSA) is 78.4 Å². The van der Waals surface area contributed by atoms with Crippen LogP contribution in [0.1, 0.15) is 11.3 Å². The van der Waals surface area contributed by atoms with E-state index in [-0.39, 0.29) is 12.5 Å². The molecule has 2 rings (SSSR count). The minimum atomic E-state index is -0.0883. The number of aromatic nitrogens is 1. The van der Waals surface area contributed by atoms with Crippen molar-refractivity contribution in [1.82, 2.24) is 20.9 Å². The second-order valence-electron chi connectivity index (χ2n) is 4.86. The van der Waals surface area contributed by atoms with Crippen LogP contribution in [0.2, 0.25) is 0 Å². The van der Waals surface area contributed by atoms with E-state index >= 15 is 0 Å². The Morgan fingerprint density at radius 2 is 1.78 bits per heavy atom. The molecule has 6 heteroatoms. The van der Waals surface area contributed by atoms with Gasteiger partial charge in [-0.05, 0) is 17.7 Å². The highest BCUT2D eigenvalue weighted by molar-refractivity contribution is 5.86. The lowest BCUT2D eigenvalue weighted by molar-refractivity contribution is -0.120. The van der Waals surface area contributed by atoms with Gasteiger partial charge in [0.05, 0.1) is 18.8 Å². The molecule has 0 atom stereocenters. The van der Waals surface area contributed by atoms with Gasteiger partial charge >= 0.3 is 0 Å². The van der Waals surface area contributed by atoms with E-state index in [0.29, 0.717) is 19.0 Å². The highest BCUT2D eigenvalue weighted by Crippen LogP contribution is 1.96. The first-order valence-corrected chi connectivity index (χ1v) is 7.43. The van der Waals surface area contributed by atoms with E-state index in [9.17, 15) is 4.79 Å². The second kappa shape index (κ2) is 9.19. The zero-order valence-electron chi connectivity index (χ0n) is 13.1. The number of hydrogen-bond donors (Lipinski definition) is 3. The van der Waals surface area contributed by atoms with Crippen LogP contribution in [0.5, 0.6) is 0 Å². The fourth-order valence-electron chi connectivity index (χ4n) is 1.92. The summed E-state index contributed by atoms with van der Waals surface area (Å²) < 4.78 is 0. The van der Waals surface area contributed by atoms with Gasteiger partial charge in [0.25, 0.3) is 0 Å². The third kappa shape index (κ3) is 6.17. The van der Waals surface area contributed by atoms with Crippen LogP contribution in [-0.2, 0) is 17.9 Å². The molecule has 1 aromatic heterocycles. The number of benzene rings is 1. The molecule has 1 amide bonds. The molecule has 0 fully saturated rings. The molecule has 6 nitrogen and oxygen atoms in total. The number of nitrogens with one attached hydrogen (secondary N) is 3. The van der Waals surface area contributed by atoms with Gasteiger partial charge in [-0.2, -0.15) is 0 Å². The maximum Gasteiger partial charge on any atom is 0.239 e. The number of pyridine rings is 1. The van der Waals surface area contributed by atoms with Gasteiger partial charge in [-0.15, -0.1) is 0 Å². The van der Waals surface area contributed by atoms with Crippen LogP contribution in [0.25, 0.3) is 0 Å². The first-order chi connectivity index (χ1) is 11.3. The van der Waals surface area contributed by atoms with Gasteiger partial charge in [0, 0.05) is 19.8 Å². The summed E-state index contributed by atoms with van der Waals surface area (Å²) in [6.45, 7) is 1.22. The fraction of sp³-hybridized carbons (Fsp3) is 0.235. The van der Waals surface area contributed by atoms with Crippen LogP contribution in [-0.4, -0.2) is 30.4 Å². The number of amides is 1. The molecular formula is C17H21N5O. The molecule has 0 bridgehead atoms. The van der Waals surface area contributed by atoms with Gasteiger partial charge < -0.3 is 16.0 Å². The summed E-state index contributed by atoms with van der Waals surface area (Å²) in [5, 5.41) is 8.94. The Hall–Kier alpha value is -2.89. The summed E-state index contributed by atoms with van der Waals surface area (Å²) in [5.41, 5.74) is 1.97. The van der Waals surface area contributed by atoms with E-state index in [1.165, 1.54) is 0 Å². The molecule has 0 spiro atoms. The third-order valence-corrected chi connectivity index (χ3v) is 3.14. The monoisotopic (exact) mass is 311 g/mol. The number of carbonyl (C=O) groups excluding carboxylic acids is 1. The molecule has 1 aromatic carbocycles. The molecule has 0 saturated heterocycles. The summed E-state index contributed by atoms with van der Waals surface area (Å²) in [6.07, 6.45) is 1.74. The molecule has 0 aliphatic carbocycles. The molecule has 0 saturated carbocycles. The number of hydrogen-bond acceptors (Lipinski definition) is 3. The Balaban J connectivity index is 1.69. The lowest BCUT2D eigenvalue weighted by atomic mass is 10.2. The number of rotatable bonds is 6. The average molecular weight is 311 g/mol. The standard InChI is InChI=1S/C17H21N5O/c1-18-17(21-12-15-9-5-6-10-19-15)22-13-16(23)20-11-14-7-3-2-4-8-14/h2-10H,11-13H2,1H3,(H,20,23)(H2,18,21,22). The Morgan fingerprint density at radius 3 is 2.48 bits per heavy atom. The first kappa shape index (κ1) is 16.5.